The van der Waals surface area contributed by atoms with E-state index in [9.17, 15) is 12.8 Å². The SMILES string of the molecule is COc1ccc(S(=O)(=O)N[C@@H](C)c2cc(F)c(Cl)cc2Cl)cc1OC. The van der Waals surface area contributed by atoms with E-state index in [-0.39, 0.29) is 26.3 Å². The fourth-order valence-corrected chi connectivity index (χ4v) is 4.00. The minimum absolute atomic E-state index is 0.0254. The van der Waals surface area contributed by atoms with Crippen molar-refractivity contribution in [1.29, 1.82) is 0 Å². The maximum Gasteiger partial charge on any atom is 0.241 e. The Balaban J connectivity index is 2.34. The minimum atomic E-state index is -3.90. The van der Waals surface area contributed by atoms with Crippen LogP contribution in [0.3, 0.4) is 0 Å². The second kappa shape index (κ2) is 7.78. The third-order valence-corrected chi connectivity index (χ3v) is 5.66. The Morgan fingerprint density at radius 2 is 1.68 bits per heavy atom. The summed E-state index contributed by atoms with van der Waals surface area (Å²) < 4.78 is 51.4. The molecule has 0 spiro atoms. The Bertz CT molecular complexity index is 890. The van der Waals surface area contributed by atoms with Crippen LogP contribution in [0.2, 0.25) is 10.0 Å². The third kappa shape index (κ3) is 4.36. The third-order valence-electron chi connectivity index (χ3n) is 3.50. The molecule has 2 aromatic carbocycles. The van der Waals surface area contributed by atoms with E-state index in [1.807, 2.05) is 0 Å². The molecule has 2 aromatic rings. The topological polar surface area (TPSA) is 64.6 Å². The first kappa shape index (κ1) is 19.8. The van der Waals surface area contributed by atoms with E-state index >= 15 is 0 Å². The monoisotopic (exact) mass is 407 g/mol. The summed E-state index contributed by atoms with van der Waals surface area (Å²) in [6, 6.07) is 5.74. The van der Waals surface area contributed by atoms with Gasteiger partial charge in [-0.1, -0.05) is 23.2 Å². The van der Waals surface area contributed by atoms with Crippen LogP contribution in [0.5, 0.6) is 11.5 Å². The van der Waals surface area contributed by atoms with E-state index in [1.165, 1.54) is 38.5 Å². The predicted molar refractivity (Wildman–Crippen MR) is 94.7 cm³/mol. The van der Waals surface area contributed by atoms with Crippen LogP contribution >= 0.6 is 23.2 Å². The van der Waals surface area contributed by atoms with Crippen LogP contribution < -0.4 is 14.2 Å². The van der Waals surface area contributed by atoms with Gasteiger partial charge in [-0.25, -0.2) is 17.5 Å². The second-order valence-electron chi connectivity index (χ2n) is 5.15. The van der Waals surface area contributed by atoms with E-state index < -0.39 is 21.9 Å². The van der Waals surface area contributed by atoms with Gasteiger partial charge < -0.3 is 9.47 Å². The Morgan fingerprint density at radius 3 is 2.28 bits per heavy atom. The number of halogens is 3. The van der Waals surface area contributed by atoms with Crippen molar-refractivity contribution in [1.82, 2.24) is 4.72 Å². The molecule has 0 saturated carbocycles. The van der Waals surface area contributed by atoms with Crippen molar-refractivity contribution >= 4 is 33.2 Å². The first-order chi connectivity index (χ1) is 11.7. The number of nitrogens with one attached hydrogen (secondary N) is 1. The van der Waals surface area contributed by atoms with Crippen molar-refractivity contribution in [3.8, 4) is 11.5 Å². The number of rotatable bonds is 6. The smallest absolute Gasteiger partial charge is 0.241 e. The molecule has 5 nitrogen and oxygen atoms in total. The molecule has 0 aromatic heterocycles. The van der Waals surface area contributed by atoms with Gasteiger partial charge in [0.25, 0.3) is 0 Å². The van der Waals surface area contributed by atoms with Crippen LogP contribution in [-0.2, 0) is 10.0 Å². The van der Waals surface area contributed by atoms with Gasteiger partial charge in [-0.2, -0.15) is 0 Å². The molecule has 0 bridgehead atoms. The second-order valence-corrected chi connectivity index (χ2v) is 7.68. The zero-order valence-electron chi connectivity index (χ0n) is 13.6. The summed E-state index contributed by atoms with van der Waals surface area (Å²) in [6.45, 7) is 1.55. The summed E-state index contributed by atoms with van der Waals surface area (Å²) in [6.07, 6.45) is 0. The molecule has 0 aliphatic heterocycles. The fourth-order valence-electron chi connectivity index (χ4n) is 2.22. The minimum Gasteiger partial charge on any atom is -0.493 e. The average molecular weight is 408 g/mol. The molecule has 2 rings (SSSR count). The normalized spacial score (nSPS) is 12.7. The molecule has 0 heterocycles. The molecule has 9 heteroatoms. The molecule has 0 saturated heterocycles. The van der Waals surface area contributed by atoms with E-state index in [0.29, 0.717) is 5.75 Å². The van der Waals surface area contributed by atoms with Crippen molar-refractivity contribution in [2.75, 3.05) is 14.2 Å². The Labute approximate surface area is 155 Å². The summed E-state index contributed by atoms with van der Waals surface area (Å²) in [5, 5.41) is 0.0256. The molecule has 0 amide bonds. The number of hydrogen-bond donors (Lipinski definition) is 1. The van der Waals surface area contributed by atoms with Crippen LogP contribution in [0, 0.1) is 5.82 Å². The molecule has 1 N–H and O–H groups in total. The van der Waals surface area contributed by atoms with Gasteiger partial charge in [0.15, 0.2) is 11.5 Å². The summed E-state index contributed by atoms with van der Waals surface area (Å²) in [5.41, 5.74) is 0.271. The van der Waals surface area contributed by atoms with Crippen LogP contribution in [0.4, 0.5) is 4.39 Å². The van der Waals surface area contributed by atoms with Crippen molar-refractivity contribution in [3.63, 3.8) is 0 Å². The number of methoxy groups -OCH3 is 2. The van der Waals surface area contributed by atoms with E-state index in [0.717, 1.165) is 6.07 Å². The number of benzene rings is 2. The summed E-state index contributed by atoms with van der Waals surface area (Å²) >= 11 is 11.7. The molecule has 136 valence electrons. The van der Waals surface area contributed by atoms with Gasteiger partial charge in [0.05, 0.1) is 24.1 Å². The zero-order chi connectivity index (χ0) is 18.8. The van der Waals surface area contributed by atoms with E-state index in [1.54, 1.807) is 6.92 Å². The van der Waals surface area contributed by atoms with Crippen LogP contribution in [0.1, 0.15) is 18.5 Å². The van der Waals surface area contributed by atoms with Crippen LogP contribution in [-0.4, -0.2) is 22.6 Å². The lowest BCUT2D eigenvalue weighted by Gasteiger charge is -2.17. The Kier molecular flexibility index (Phi) is 6.16. The van der Waals surface area contributed by atoms with Crippen molar-refractivity contribution < 1.29 is 22.3 Å². The highest BCUT2D eigenvalue weighted by Gasteiger charge is 2.22. The molecule has 0 unspecified atom stereocenters. The van der Waals surface area contributed by atoms with Crippen LogP contribution in [0.15, 0.2) is 35.2 Å². The predicted octanol–water partition coefficient (Wildman–Crippen LogP) is 4.19. The molecule has 25 heavy (non-hydrogen) atoms. The molecule has 0 fully saturated rings. The van der Waals surface area contributed by atoms with Crippen LogP contribution in [0.25, 0.3) is 0 Å². The first-order valence-corrected chi connectivity index (χ1v) is 9.32. The van der Waals surface area contributed by atoms with Gasteiger partial charge in [-0.3, -0.25) is 0 Å². The highest BCUT2D eigenvalue weighted by atomic mass is 35.5. The molecule has 0 radical (unpaired) electrons. The summed E-state index contributed by atoms with van der Waals surface area (Å²) in [7, 11) is -1.05. The average Bonchev–Trinajstić information content (AvgIpc) is 2.56. The van der Waals surface area contributed by atoms with E-state index in [4.69, 9.17) is 32.7 Å². The van der Waals surface area contributed by atoms with Crippen molar-refractivity contribution in [3.05, 3.63) is 51.8 Å². The first-order valence-electron chi connectivity index (χ1n) is 7.08. The maximum absolute atomic E-state index is 13.7. The molecule has 1 atom stereocenters. The molecular weight excluding hydrogens is 392 g/mol. The van der Waals surface area contributed by atoms with E-state index in [2.05, 4.69) is 4.72 Å². The number of ether oxygens (including phenoxy) is 2. The lowest BCUT2D eigenvalue weighted by molar-refractivity contribution is 0.354. The summed E-state index contributed by atoms with van der Waals surface area (Å²) in [5.74, 6) is -0.0101. The lowest BCUT2D eigenvalue weighted by atomic mass is 10.1. The zero-order valence-corrected chi connectivity index (χ0v) is 16.0. The summed E-state index contributed by atoms with van der Waals surface area (Å²) in [4.78, 5) is -0.0254. The standard InChI is InChI=1S/C16H16Cl2FNO4S/c1-9(11-7-14(19)13(18)8-12(11)17)20-25(21,22)10-4-5-15(23-2)16(6-10)24-3/h4-9,20H,1-3H3/t9-/m0/s1. The molecule has 0 aliphatic rings. The largest absolute Gasteiger partial charge is 0.493 e. The van der Waals surface area contributed by atoms with Crippen molar-refractivity contribution in [2.45, 2.75) is 17.9 Å². The highest BCUT2D eigenvalue weighted by Crippen LogP contribution is 2.32. The van der Waals surface area contributed by atoms with Gasteiger partial charge in [-0.05, 0) is 36.8 Å². The molecular formula is C16H16Cl2FNO4S. The number of hydrogen-bond acceptors (Lipinski definition) is 4. The quantitative estimate of drug-likeness (QED) is 0.729. The van der Waals surface area contributed by atoms with Gasteiger partial charge >= 0.3 is 0 Å². The van der Waals surface area contributed by atoms with Crippen molar-refractivity contribution in [2.24, 2.45) is 0 Å². The van der Waals surface area contributed by atoms with Gasteiger partial charge in [0, 0.05) is 17.1 Å². The lowest BCUT2D eigenvalue weighted by Crippen LogP contribution is -2.27. The highest BCUT2D eigenvalue weighted by molar-refractivity contribution is 7.89. The van der Waals surface area contributed by atoms with Gasteiger partial charge in [0.2, 0.25) is 10.0 Å². The number of sulfonamides is 1. The Hall–Kier alpha value is -1.54. The Morgan fingerprint density at radius 1 is 1.04 bits per heavy atom. The fraction of sp³-hybridized carbons (Fsp3) is 0.250. The molecule has 0 aliphatic carbocycles. The van der Waals surface area contributed by atoms with Gasteiger partial charge in [0.1, 0.15) is 5.82 Å². The van der Waals surface area contributed by atoms with Gasteiger partial charge in [-0.15, -0.1) is 0 Å². The maximum atomic E-state index is 13.7.